The summed E-state index contributed by atoms with van der Waals surface area (Å²) in [7, 11) is 0. The number of aliphatic hydroxyl groups is 12. The Labute approximate surface area is 318 Å². The summed E-state index contributed by atoms with van der Waals surface area (Å²) in [4.78, 5) is 44.2. The van der Waals surface area contributed by atoms with Crippen LogP contribution in [0.25, 0.3) is 11.1 Å². The first kappa shape index (κ1) is 51.0. The highest BCUT2D eigenvalue weighted by Gasteiger charge is 2.40. The molecule has 0 saturated heterocycles. The van der Waals surface area contributed by atoms with Gasteiger partial charge in [-0.2, -0.15) is 0 Å². The topological polar surface area (TPSA) is 400 Å². The molecule has 0 aromatic heterocycles. The van der Waals surface area contributed by atoms with Gasteiger partial charge in [-0.1, -0.05) is 41.9 Å². The molecule has 0 aliphatic rings. The molecule has 2 amide bonds. The highest BCUT2D eigenvalue weighted by atomic mass is 35.5. The summed E-state index contributed by atoms with van der Waals surface area (Å²) in [6.45, 7) is -7.15. The number of hydrogen-bond acceptors (Lipinski definition) is 18. The highest BCUT2D eigenvalue weighted by Crippen LogP contribution is 2.36. The maximum Gasteiger partial charge on any atom is 0.394 e. The van der Waals surface area contributed by atoms with Crippen molar-refractivity contribution in [2.75, 3.05) is 89.9 Å². The minimum atomic E-state index is -1.72. The van der Waals surface area contributed by atoms with Crippen LogP contribution in [0.1, 0.15) is 0 Å². The van der Waals surface area contributed by atoms with Gasteiger partial charge in [0, 0.05) is 0 Å². The predicted octanol–water partition coefficient (Wildman–Crippen LogP) is -5.93. The third kappa shape index (κ3) is 14.9. The molecule has 2 rings (SSSR count). The van der Waals surface area contributed by atoms with Gasteiger partial charge in [0.05, 0.1) is 118 Å². The number of carboxylic acids is 2. The molecule has 0 unspecified atom stereocenters. The lowest BCUT2D eigenvalue weighted by atomic mass is 9.94. The molecule has 0 heterocycles. The Morgan fingerprint density at radius 1 is 0.455 bits per heavy atom. The van der Waals surface area contributed by atoms with E-state index in [0.29, 0.717) is 11.1 Å². The van der Waals surface area contributed by atoms with Crippen LogP contribution in [0.15, 0.2) is 42.5 Å². The molecule has 2 aromatic rings. The molecule has 2 aromatic carbocycles. The molecule has 0 aliphatic heterocycles. The van der Waals surface area contributed by atoms with Crippen LogP contribution in [0.4, 0.5) is 11.4 Å². The first-order valence-electron chi connectivity index (χ1n) is 15.8. The fourth-order valence-electron chi connectivity index (χ4n) is 4.15. The van der Waals surface area contributed by atoms with E-state index in [1.165, 1.54) is 12.1 Å². The Kier molecular flexibility index (Phi) is 22.8. The van der Waals surface area contributed by atoms with Crippen molar-refractivity contribution in [1.82, 2.24) is 10.6 Å². The zero-order valence-electron chi connectivity index (χ0n) is 29.3. The van der Waals surface area contributed by atoms with Gasteiger partial charge in [0.2, 0.25) is 0 Å². The predicted molar refractivity (Wildman–Crippen MR) is 192 cm³/mol. The van der Waals surface area contributed by atoms with Crippen molar-refractivity contribution in [2.24, 2.45) is 0 Å². The van der Waals surface area contributed by atoms with Crippen LogP contribution >= 0.6 is 11.6 Å². The van der Waals surface area contributed by atoms with E-state index in [1.807, 2.05) is 0 Å². The van der Waals surface area contributed by atoms with Crippen LogP contribution in [0.5, 0.6) is 0 Å². The average molecular weight is 813 g/mol. The molecule has 22 nitrogen and oxygen atoms in total. The monoisotopic (exact) mass is 812 g/mol. The summed E-state index contributed by atoms with van der Waals surface area (Å²) in [6, 6.07) is 11.6. The van der Waals surface area contributed by atoms with Crippen LogP contribution < -0.4 is 21.3 Å². The fraction of sp³-hybridized carbons (Fsp3) is 0.500. The Bertz CT molecular complexity index is 1330. The summed E-state index contributed by atoms with van der Waals surface area (Å²) in [5, 5.41) is 134. The fourth-order valence-corrected chi connectivity index (χ4v) is 4.36. The van der Waals surface area contributed by atoms with Crippen molar-refractivity contribution in [3.63, 3.8) is 0 Å². The number of aliphatic carboxylic acids is 2. The molecule has 0 saturated carbocycles. The normalized spacial score (nSPS) is 11.7. The van der Waals surface area contributed by atoms with E-state index in [0.717, 1.165) is 0 Å². The number of rotatable bonds is 19. The van der Waals surface area contributed by atoms with Gasteiger partial charge in [-0.3, -0.25) is 20.2 Å². The van der Waals surface area contributed by atoms with Crippen molar-refractivity contribution < 1.29 is 90.7 Å². The number of carbonyl (C=O) groups excluding carboxylic acids is 2. The Balaban J connectivity index is 0.000000846. The molecular weight excluding hydrogens is 764 g/mol. The van der Waals surface area contributed by atoms with E-state index in [-0.39, 0.29) is 16.4 Å². The van der Waals surface area contributed by atoms with Gasteiger partial charge >= 0.3 is 23.8 Å². The molecule has 23 heteroatoms. The van der Waals surface area contributed by atoms with E-state index in [2.05, 4.69) is 21.3 Å². The minimum Gasteiger partial charge on any atom is -0.474 e. The van der Waals surface area contributed by atoms with Gasteiger partial charge in [-0.05, 0) is 23.3 Å². The molecule has 0 spiro atoms. The van der Waals surface area contributed by atoms with E-state index in [4.69, 9.17) is 83.1 Å². The first-order valence-corrected chi connectivity index (χ1v) is 16.2. The number of benzene rings is 2. The quantitative estimate of drug-likeness (QED) is 0.0587. The van der Waals surface area contributed by atoms with Crippen LogP contribution in [-0.4, -0.2) is 197 Å². The van der Waals surface area contributed by atoms with E-state index in [9.17, 15) is 19.2 Å². The first-order chi connectivity index (χ1) is 25.9. The SMILES string of the molecule is O=C(O)C(=O)Nc1cc(-c2ccccc2)cc(NC(=O)C(=O)O)c1Cl.OCC(CO)(CO)NC(CO)(CO)CO.OCC(CO)(CO)NC(CO)(CO)CO. The summed E-state index contributed by atoms with van der Waals surface area (Å²) in [5.41, 5.74) is -4.82. The molecule has 0 bridgehead atoms. The van der Waals surface area contributed by atoms with Crippen LogP contribution in [-0.2, 0) is 19.2 Å². The molecule has 0 atom stereocenters. The summed E-state index contributed by atoms with van der Waals surface area (Å²) >= 11 is 6.05. The molecular formula is C32H49ClN4O18. The van der Waals surface area contributed by atoms with E-state index in [1.54, 1.807) is 30.3 Å². The van der Waals surface area contributed by atoms with Crippen LogP contribution in [0.3, 0.4) is 0 Å². The third-order valence-electron chi connectivity index (χ3n) is 7.76. The Hall–Kier alpha value is -3.95. The van der Waals surface area contributed by atoms with Gasteiger partial charge in [0.15, 0.2) is 0 Å². The number of hydrogen-bond donors (Lipinski definition) is 18. The summed E-state index contributed by atoms with van der Waals surface area (Å²) in [5.74, 6) is -6.11. The number of anilines is 2. The number of nitrogens with one attached hydrogen (secondary N) is 4. The molecule has 0 radical (unpaired) electrons. The van der Waals surface area contributed by atoms with Gasteiger partial charge in [0.25, 0.3) is 0 Å². The zero-order chi connectivity index (χ0) is 42.5. The van der Waals surface area contributed by atoms with Crippen molar-refractivity contribution in [3.05, 3.63) is 47.5 Å². The lowest BCUT2D eigenvalue weighted by Crippen LogP contribution is -2.68. The van der Waals surface area contributed by atoms with Crippen molar-refractivity contribution in [1.29, 1.82) is 0 Å². The number of halogens is 1. The Morgan fingerprint density at radius 2 is 0.709 bits per heavy atom. The summed E-state index contributed by atoms with van der Waals surface area (Å²) < 4.78 is 0. The minimum absolute atomic E-state index is 0.0869. The van der Waals surface area contributed by atoms with Gasteiger partial charge in [-0.25, -0.2) is 9.59 Å². The lowest BCUT2D eigenvalue weighted by Gasteiger charge is -2.39. The number of aliphatic hydroxyl groups excluding tert-OH is 12. The molecule has 0 fully saturated rings. The van der Waals surface area contributed by atoms with Crippen LogP contribution in [0.2, 0.25) is 5.02 Å². The maximum atomic E-state index is 11.4. The maximum absolute atomic E-state index is 11.4. The van der Waals surface area contributed by atoms with Crippen molar-refractivity contribution in [3.8, 4) is 11.1 Å². The second kappa shape index (κ2) is 24.5. The molecule has 55 heavy (non-hydrogen) atoms. The average Bonchev–Trinajstić information content (AvgIpc) is 3.22. The summed E-state index contributed by atoms with van der Waals surface area (Å²) in [6.07, 6.45) is 0. The standard InChI is InChI=1S/C16H11ClN2O6.2C8H19NO6/c17-12-10(18-13(20)15(22)23)6-9(8-4-2-1-3-5-8)7-11(12)19-14(21)16(24)25;2*10-1-7(2-11,3-12)9-8(4-13,5-14)6-15/h1-7H,(H,18,20)(H,19,21)(H,22,23)(H,24,25);2*9-15H,1-6H2. The lowest BCUT2D eigenvalue weighted by molar-refractivity contribution is -0.147. The molecule has 0 aliphatic carbocycles. The third-order valence-corrected chi connectivity index (χ3v) is 8.16. The van der Waals surface area contributed by atoms with Crippen molar-refractivity contribution >= 4 is 46.7 Å². The second-order valence-corrected chi connectivity index (χ2v) is 12.4. The number of carbonyl (C=O) groups is 4. The Morgan fingerprint density at radius 3 is 0.927 bits per heavy atom. The zero-order valence-corrected chi connectivity index (χ0v) is 30.1. The number of amides is 2. The van der Waals surface area contributed by atoms with Gasteiger partial charge in [0.1, 0.15) is 0 Å². The molecule has 312 valence electrons. The van der Waals surface area contributed by atoms with Gasteiger partial charge < -0.3 is 82.1 Å². The highest BCUT2D eigenvalue weighted by molar-refractivity contribution is 6.42. The van der Waals surface area contributed by atoms with Gasteiger partial charge in [-0.15, -0.1) is 0 Å². The largest absolute Gasteiger partial charge is 0.474 e. The van der Waals surface area contributed by atoms with Crippen LogP contribution in [0, 0.1) is 0 Å². The van der Waals surface area contributed by atoms with Crippen molar-refractivity contribution in [2.45, 2.75) is 22.2 Å². The number of carboxylic acid groups (broad SMARTS) is 2. The van der Waals surface area contributed by atoms with E-state index >= 15 is 0 Å². The smallest absolute Gasteiger partial charge is 0.394 e. The second-order valence-electron chi connectivity index (χ2n) is 12.0. The van der Waals surface area contributed by atoms with E-state index < -0.39 is 125 Å². The molecule has 18 N–H and O–H groups in total.